The highest BCUT2D eigenvalue weighted by molar-refractivity contribution is 9.11. The first kappa shape index (κ1) is 13.9. The molecular formula is C11H12BrN5OS. The average Bonchev–Trinajstić information content (AvgIpc) is 2.82. The summed E-state index contributed by atoms with van der Waals surface area (Å²) in [5.74, 6) is 0.340. The van der Waals surface area contributed by atoms with E-state index in [0.29, 0.717) is 10.9 Å². The van der Waals surface area contributed by atoms with Gasteiger partial charge in [-0.05, 0) is 22.4 Å². The molecule has 0 fully saturated rings. The van der Waals surface area contributed by atoms with E-state index in [2.05, 4.69) is 48.4 Å². The van der Waals surface area contributed by atoms with Crippen LogP contribution in [-0.2, 0) is 0 Å². The molecular weight excluding hydrogens is 330 g/mol. The lowest BCUT2D eigenvalue weighted by molar-refractivity contribution is 0.102. The van der Waals surface area contributed by atoms with Gasteiger partial charge in [0.25, 0.3) is 5.91 Å². The van der Waals surface area contributed by atoms with Crippen molar-refractivity contribution < 1.29 is 4.79 Å². The molecule has 2 heterocycles. The molecule has 0 unspecified atom stereocenters. The first-order valence-corrected chi connectivity index (χ1v) is 7.28. The number of aromatic nitrogens is 3. The second-order valence-electron chi connectivity index (χ2n) is 3.64. The van der Waals surface area contributed by atoms with Crippen LogP contribution in [0.15, 0.2) is 22.4 Å². The first-order valence-electron chi connectivity index (χ1n) is 5.67. The Labute approximate surface area is 122 Å². The molecule has 2 aromatic rings. The number of nitrogens with one attached hydrogen (secondary N) is 2. The molecule has 8 heteroatoms. The van der Waals surface area contributed by atoms with Crippen LogP contribution in [0.3, 0.4) is 0 Å². The summed E-state index contributed by atoms with van der Waals surface area (Å²) in [4.78, 5) is 24.1. The number of anilines is 2. The van der Waals surface area contributed by atoms with Gasteiger partial charge in [-0.2, -0.15) is 0 Å². The highest BCUT2D eigenvalue weighted by Gasteiger charge is 2.10. The van der Waals surface area contributed by atoms with Crippen molar-refractivity contribution in [2.45, 2.75) is 13.3 Å². The lowest BCUT2D eigenvalue weighted by Crippen LogP contribution is -2.14. The van der Waals surface area contributed by atoms with Crippen LogP contribution in [0.4, 0.5) is 10.9 Å². The Hall–Kier alpha value is -1.54. The molecule has 19 heavy (non-hydrogen) atoms. The number of hydrogen-bond donors (Lipinski definition) is 2. The molecule has 0 atom stereocenters. The van der Waals surface area contributed by atoms with Crippen molar-refractivity contribution in [3.8, 4) is 0 Å². The molecule has 2 aromatic heterocycles. The number of carbonyl (C=O) groups excluding carboxylic acids is 1. The van der Waals surface area contributed by atoms with E-state index in [9.17, 15) is 4.79 Å². The quantitative estimate of drug-likeness (QED) is 0.873. The Morgan fingerprint density at radius 1 is 1.32 bits per heavy atom. The monoisotopic (exact) mass is 341 g/mol. The van der Waals surface area contributed by atoms with E-state index in [1.54, 1.807) is 12.4 Å². The number of amides is 1. The van der Waals surface area contributed by atoms with Gasteiger partial charge in [-0.1, -0.05) is 18.3 Å². The molecule has 0 aliphatic rings. The van der Waals surface area contributed by atoms with Gasteiger partial charge < -0.3 is 5.32 Å². The highest BCUT2D eigenvalue weighted by Crippen LogP contribution is 2.23. The second-order valence-corrected chi connectivity index (χ2v) is 6.05. The Balaban J connectivity index is 1.99. The van der Waals surface area contributed by atoms with Crippen LogP contribution >= 0.6 is 27.3 Å². The van der Waals surface area contributed by atoms with E-state index < -0.39 is 0 Å². The minimum Gasteiger partial charge on any atom is -0.369 e. The van der Waals surface area contributed by atoms with Crippen molar-refractivity contribution in [1.82, 2.24) is 15.0 Å². The predicted molar refractivity (Wildman–Crippen MR) is 78.6 cm³/mol. The number of nitrogens with zero attached hydrogens (tertiary/aromatic N) is 3. The summed E-state index contributed by atoms with van der Waals surface area (Å²) >= 11 is 4.62. The van der Waals surface area contributed by atoms with Gasteiger partial charge in [0.2, 0.25) is 0 Å². The molecule has 0 aliphatic heterocycles. The van der Waals surface area contributed by atoms with Gasteiger partial charge in [-0.3, -0.25) is 10.1 Å². The molecule has 0 saturated carbocycles. The van der Waals surface area contributed by atoms with Crippen molar-refractivity contribution in [2.75, 3.05) is 17.2 Å². The van der Waals surface area contributed by atoms with Gasteiger partial charge >= 0.3 is 0 Å². The van der Waals surface area contributed by atoms with Crippen LogP contribution in [-0.4, -0.2) is 27.4 Å². The number of rotatable bonds is 5. The summed E-state index contributed by atoms with van der Waals surface area (Å²) in [6.45, 7) is 2.89. The average molecular weight is 342 g/mol. The van der Waals surface area contributed by atoms with Crippen LogP contribution in [0.25, 0.3) is 0 Å². The predicted octanol–water partition coefficient (Wildman–Crippen LogP) is 2.77. The summed E-state index contributed by atoms with van der Waals surface area (Å²) in [6.07, 6.45) is 5.62. The third-order valence-corrected chi connectivity index (χ3v) is 3.53. The Kier molecular flexibility index (Phi) is 4.80. The van der Waals surface area contributed by atoms with E-state index in [0.717, 1.165) is 16.8 Å². The normalized spacial score (nSPS) is 10.2. The Bertz CT molecular complexity index is 556. The van der Waals surface area contributed by atoms with Gasteiger partial charge in [0.1, 0.15) is 11.5 Å². The molecule has 6 nitrogen and oxygen atoms in total. The topological polar surface area (TPSA) is 79.8 Å². The van der Waals surface area contributed by atoms with Gasteiger partial charge in [-0.15, -0.1) is 0 Å². The maximum absolute atomic E-state index is 11.9. The minimum atomic E-state index is -0.323. The van der Waals surface area contributed by atoms with Gasteiger partial charge in [0.15, 0.2) is 5.13 Å². The third kappa shape index (κ3) is 3.97. The molecule has 2 rings (SSSR count). The lowest BCUT2D eigenvalue weighted by Gasteiger charge is -2.04. The van der Waals surface area contributed by atoms with E-state index in [-0.39, 0.29) is 11.6 Å². The van der Waals surface area contributed by atoms with Gasteiger partial charge in [0, 0.05) is 6.54 Å². The summed E-state index contributed by atoms with van der Waals surface area (Å²) in [5, 5.41) is 6.27. The smallest absolute Gasteiger partial charge is 0.277 e. The van der Waals surface area contributed by atoms with Crippen molar-refractivity contribution in [2.24, 2.45) is 0 Å². The van der Waals surface area contributed by atoms with E-state index in [1.165, 1.54) is 17.5 Å². The summed E-state index contributed by atoms with van der Waals surface area (Å²) < 4.78 is 0.855. The Morgan fingerprint density at radius 2 is 2.16 bits per heavy atom. The molecule has 0 aromatic carbocycles. The maximum atomic E-state index is 11.9. The first-order chi connectivity index (χ1) is 9.19. The van der Waals surface area contributed by atoms with Gasteiger partial charge in [0.05, 0.1) is 22.4 Å². The molecule has 0 saturated heterocycles. The zero-order chi connectivity index (χ0) is 13.7. The zero-order valence-corrected chi connectivity index (χ0v) is 12.6. The maximum Gasteiger partial charge on any atom is 0.277 e. The number of carbonyl (C=O) groups is 1. The second kappa shape index (κ2) is 6.58. The number of halogens is 1. The molecule has 0 aliphatic carbocycles. The van der Waals surface area contributed by atoms with Crippen LogP contribution in [0.5, 0.6) is 0 Å². The minimum absolute atomic E-state index is 0.258. The largest absolute Gasteiger partial charge is 0.369 e. The fourth-order valence-corrected chi connectivity index (χ4v) is 2.36. The van der Waals surface area contributed by atoms with Crippen LogP contribution in [0.1, 0.15) is 23.8 Å². The molecule has 100 valence electrons. The van der Waals surface area contributed by atoms with Crippen LogP contribution < -0.4 is 10.6 Å². The van der Waals surface area contributed by atoms with E-state index in [1.807, 2.05) is 0 Å². The molecule has 0 bridgehead atoms. The van der Waals surface area contributed by atoms with E-state index in [4.69, 9.17) is 0 Å². The van der Waals surface area contributed by atoms with Crippen molar-refractivity contribution in [3.63, 3.8) is 0 Å². The molecule has 2 N–H and O–H groups in total. The SMILES string of the molecule is CCCNc1cnc(C(=O)Nc2ncc(Br)s2)cn1. The fourth-order valence-electron chi connectivity index (χ4n) is 1.26. The standard InChI is InChI=1S/C11H12BrN5OS/c1-2-3-13-9-6-14-7(4-15-9)10(18)17-11-16-5-8(12)19-11/h4-6H,2-3H2,1H3,(H,13,15)(H,16,17,18). The third-order valence-electron chi connectivity index (χ3n) is 2.14. The zero-order valence-electron chi connectivity index (χ0n) is 10.2. The Morgan fingerprint density at radius 3 is 2.74 bits per heavy atom. The number of hydrogen-bond acceptors (Lipinski definition) is 6. The molecule has 0 spiro atoms. The van der Waals surface area contributed by atoms with E-state index >= 15 is 0 Å². The van der Waals surface area contributed by atoms with Gasteiger partial charge in [-0.25, -0.2) is 15.0 Å². The van der Waals surface area contributed by atoms with Crippen molar-refractivity contribution in [1.29, 1.82) is 0 Å². The highest BCUT2D eigenvalue weighted by atomic mass is 79.9. The van der Waals surface area contributed by atoms with Crippen LogP contribution in [0, 0.1) is 0 Å². The number of thiazole rings is 1. The lowest BCUT2D eigenvalue weighted by atomic mass is 10.4. The summed E-state index contributed by atoms with van der Waals surface area (Å²) in [6, 6.07) is 0. The summed E-state index contributed by atoms with van der Waals surface area (Å²) in [7, 11) is 0. The van der Waals surface area contributed by atoms with Crippen molar-refractivity contribution >= 4 is 44.1 Å². The fraction of sp³-hybridized carbons (Fsp3) is 0.273. The molecule has 1 amide bonds. The van der Waals surface area contributed by atoms with Crippen LogP contribution in [0.2, 0.25) is 0 Å². The molecule has 0 radical (unpaired) electrons. The summed E-state index contributed by atoms with van der Waals surface area (Å²) in [5.41, 5.74) is 0.258. The van der Waals surface area contributed by atoms with Crippen molar-refractivity contribution in [3.05, 3.63) is 28.1 Å².